The molecule has 5 nitrogen and oxygen atoms in total. The lowest BCUT2D eigenvalue weighted by atomic mass is 9.67. The standard InChI is InChI=1S/C18H21F4N3O2/c1-16(7-8-27-10-14(23)25-16)12-9-11(3-4-13(12)19)24-15(26)17(5-2-6-17)18(20,21)22/h3-4,9H,2,5-8,10H2,1H3,(H2,23,25)(H,24,26). The summed E-state index contributed by atoms with van der Waals surface area (Å²) < 4.78 is 59.7. The highest BCUT2D eigenvalue weighted by Gasteiger charge is 2.63. The molecule has 1 atom stereocenters. The third-order valence-electron chi connectivity index (χ3n) is 5.36. The SMILES string of the molecule is CC1(c2cc(NC(=O)C3(C(F)(F)F)CCC3)ccc2F)CCOCC(N)=N1. The molecule has 1 aromatic rings. The highest BCUT2D eigenvalue weighted by molar-refractivity contribution is 5.96. The minimum Gasteiger partial charge on any atom is -0.386 e. The van der Waals surface area contributed by atoms with Gasteiger partial charge >= 0.3 is 6.18 Å². The van der Waals surface area contributed by atoms with E-state index in [1.165, 1.54) is 12.1 Å². The Morgan fingerprint density at radius 1 is 1.30 bits per heavy atom. The van der Waals surface area contributed by atoms with Crippen LogP contribution in [-0.4, -0.2) is 31.1 Å². The number of hydrogen-bond donors (Lipinski definition) is 2. The number of alkyl halides is 3. The number of anilines is 1. The molecule has 3 N–H and O–H groups in total. The maximum atomic E-state index is 14.5. The maximum Gasteiger partial charge on any atom is 0.403 e. The Morgan fingerprint density at radius 3 is 2.59 bits per heavy atom. The molecule has 1 amide bonds. The van der Waals surface area contributed by atoms with Gasteiger partial charge in [0.05, 0.1) is 5.54 Å². The van der Waals surface area contributed by atoms with E-state index in [-0.39, 0.29) is 36.5 Å². The van der Waals surface area contributed by atoms with Gasteiger partial charge in [-0.2, -0.15) is 13.2 Å². The summed E-state index contributed by atoms with van der Waals surface area (Å²) in [5.41, 5.74) is 2.58. The summed E-state index contributed by atoms with van der Waals surface area (Å²) >= 11 is 0. The molecular weight excluding hydrogens is 366 g/mol. The van der Waals surface area contributed by atoms with Gasteiger partial charge in [0, 0.05) is 17.9 Å². The number of benzene rings is 1. The number of ether oxygens (including phenoxy) is 1. The first-order valence-corrected chi connectivity index (χ1v) is 8.68. The molecule has 3 rings (SSSR count). The molecule has 0 saturated heterocycles. The van der Waals surface area contributed by atoms with Crippen molar-refractivity contribution in [3.63, 3.8) is 0 Å². The lowest BCUT2D eigenvalue weighted by Gasteiger charge is -2.41. The molecule has 1 saturated carbocycles. The van der Waals surface area contributed by atoms with E-state index in [0.29, 0.717) is 19.4 Å². The summed E-state index contributed by atoms with van der Waals surface area (Å²) in [4.78, 5) is 16.6. The van der Waals surface area contributed by atoms with Gasteiger partial charge in [0.25, 0.3) is 0 Å². The predicted octanol–water partition coefficient (Wildman–Crippen LogP) is 3.49. The quantitative estimate of drug-likeness (QED) is 0.780. The van der Waals surface area contributed by atoms with Crippen LogP contribution in [0.1, 0.15) is 38.2 Å². The van der Waals surface area contributed by atoms with Gasteiger partial charge in [0.15, 0.2) is 0 Å². The van der Waals surface area contributed by atoms with Crippen LogP contribution in [0.15, 0.2) is 23.2 Å². The minimum atomic E-state index is -4.62. The van der Waals surface area contributed by atoms with Crippen LogP contribution in [0.4, 0.5) is 23.2 Å². The molecule has 1 fully saturated rings. The molecule has 0 aromatic heterocycles. The van der Waals surface area contributed by atoms with Gasteiger partial charge in [-0.1, -0.05) is 6.42 Å². The molecule has 1 heterocycles. The number of hydrogen-bond acceptors (Lipinski definition) is 4. The fourth-order valence-electron chi connectivity index (χ4n) is 3.48. The maximum absolute atomic E-state index is 14.5. The lowest BCUT2D eigenvalue weighted by molar-refractivity contribution is -0.240. The zero-order valence-corrected chi connectivity index (χ0v) is 14.8. The van der Waals surface area contributed by atoms with Crippen LogP contribution in [0.2, 0.25) is 0 Å². The van der Waals surface area contributed by atoms with Gasteiger partial charge in [-0.25, -0.2) is 4.39 Å². The molecule has 1 aliphatic carbocycles. The summed E-state index contributed by atoms with van der Waals surface area (Å²) in [6, 6.07) is 3.66. The molecule has 0 bridgehead atoms. The first kappa shape index (κ1) is 19.6. The molecule has 1 unspecified atom stereocenters. The van der Waals surface area contributed by atoms with E-state index in [9.17, 15) is 22.4 Å². The highest BCUT2D eigenvalue weighted by Crippen LogP contribution is 2.53. The van der Waals surface area contributed by atoms with E-state index in [4.69, 9.17) is 10.5 Å². The molecule has 2 aliphatic rings. The summed E-state index contributed by atoms with van der Waals surface area (Å²) in [5, 5.41) is 2.31. The number of amides is 1. The molecule has 27 heavy (non-hydrogen) atoms. The average molecular weight is 387 g/mol. The van der Waals surface area contributed by atoms with E-state index in [0.717, 1.165) is 6.07 Å². The number of rotatable bonds is 3. The Hall–Kier alpha value is -2.16. The van der Waals surface area contributed by atoms with Gasteiger partial charge in [0.1, 0.15) is 23.7 Å². The second-order valence-corrected chi connectivity index (χ2v) is 7.26. The molecule has 1 aliphatic heterocycles. The first-order chi connectivity index (χ1) is 12.6. The second kappa shape index (κ2) is 6.78. The summed E-state index contributed by atoms with van der Waals surface area (Å²) in [6.45, 7) is 2.09. The summed E-state index contributed by atoms with van der Waals surface area (Å²) in [7, 11) is 0. The number of nitrogens with one attached hydrogen (secondary N) is 1. The molecule has 148 valence electrons. The molecule has 0 spiro atoms. The third-order valence-corrected chi connectivity index (χ3v) is 5.36. The fourth-order valence-corrected chi connectivity index (χ4v) is 3.48. The van der Waals surface area contributed by atoms with Crippen LogP contribution < -0.4 is 11.1 Å². The molecule has 9 heteroatoms. The van der Waals surface area contributed by atoms with Gasteiger partial charge < -0.3 is 15.8 Å². The lowest BCUT2D eigenvalue weighted by Crippen LogP contribution is -2.52. The van der Waals surface area contributed by atoms with Crippen molar-refractivity contribution in [1.82, 2.24) is 0 Å². The van der Waals surface area contributed by atoms with Crippen molar-refractivity contribution in [3.05, 3.63) is 29.6 Å². The second-order valence-electron chi connectivity index (χ2n) is 7.26. The smallest absolute Gasteiger partial charge is 0.386 e. The monoisotopic (exact) mass is 387 g/mol. The highest BCUT2D eigenvalue weighted by atomic mass is 19.4. The molecular formula is C18H21F4N3O2. The van der Waals surface area contributed by atoms with Crippen LogP contribution in [0, 0.1) is 11.2 Å². The molecule has 0 radical (unpaired) electrons. The van der Waals surface area contributed by atoms with Crippen LogP contribution in [0.3, 0.4) is 0 Å². The number of carbonyl (C=O) groups is 1. The Balaban J connectivity index is 1.90. The van der Waals surface area contributed by atoms with Gasteiger partial charge in [0.2, 0.25) is 5.91 Å². The summed E-state index contributed by atoms with van der Waals surface area (Å²) in [6.07, 6.45) is -4.43. The Bertz CT molecular complexity index is 774. The van der Waals surface area contributed by atoms with E-state index < -0.39 is 28.9 Å². The van der Waals surface area contributed by atoms with E-state index in [1.807, 2.05) is 0 Å². The van der Waals surface area contributed by atoms with Crippen molar-refractivity contribution in [3.8, 4) is 0 Å². The summed E-state index contributed by atoms with van der Waals surface area (Å²) in [5.74, 6) is -1.49. The van der Waals surface area contributed by atoms with Crippen LogP contribution in [-0.2, 0) is 15.1 Å². The van der Waals surface area contributed by atoms with Crippen molar-refractivity contribution >= 4 is 17.4 Å². The average Bonchev–Trinajstić information content (AvgIpc) is 2.67. The topological polar surface area (TPSA) is 76.7 Å². The fraction of sp³-hybridized carbons (Fsp3) is 0.556. The third kappa shape index (κ3) is 3.52. The number of halogens is 4. The van der Waals surface area contributed by atoms with Gasteiger partial charge in [-0.05, 0) is 44.4 Å². The van der Waals surface area contributed by atoms with Crippen molar-refractivity contribution < 1.29 is 27.1 Å². The van der Waals surface area contributed by atoms with Crippen LogP contribution in [0.5, 0.6) is 0 Å². The van der Waals surface area contributed by atoms with E-state index in [1.54, 1.807) is 6.92 Å². The van der Waals surface area contributed by atoms with E-state index in [2.05, 4.69) is 10.3 Å². The van der Waals surface area contributed by atoms with Gasteiger partial charge in [-0.3, -0.25) is 9.79 Å². The Labute approximate surface area is 154 Å². The molecule has 1 aromatic carbocycles. The number of aliphatic imine (C=N–C) groups is 1. The largest absolute Gasteiger partial charge is 0.403 e. The van der Waals surface area contributed by atoms with E-state index >= 15 is 0 Å². The van der Waals surface area contributed by atoms with Gasteiger partial charge in [-0.15, -0.1) is 0 Å². The van der Waals surface area contributed by atoms with Crippen molar-refractivity contribution in [2.75, 3.05) is 18.5 Å². The predicted molar refractivity (Wildman–Crippen MR) is 91.8 cm³/mol. The number of nitrogens with zero attached hydrogens (tertiary/aromatic N) is 1. The zero-order chi connectivity index (χ0) is 19.9. The van der Waals surface area contributed by atoms with Crippen molar-refractivity contribution in [2.45, 2.75) is 44.3 Å². The van der Waals surface area contributed by atoms with Crippen molar-refractivity contribution in [2.24, 2.45) is 16.1 Å². The minimum absolute atomic E-state index is 0.0899. The van der Waals surface area contributed by atoms with Crippen molar-refractivity contribution in [1.29, 1.82) is 0 Å². The number of amidine groups is 1. The zero-order valence-electron chi connectivity index (χ0n) is 14.8. The van der Waals surface area contributed by atoms with Crippen LogP contribution >= 0.6 is 0 Å². The Morgan fingerprint density at radius 2 is 2.00 bits per heavy atom. The Kier molecular flexibility index (Phi) is 4.92. The normalized spacial score (nSPS) is 25.1. The number of nitrogens with two attached hydrogens (primary N) is 1. The van der Waals surface area contributed by atoms with Crippen LogP contribution in [0.25, 0.3) is 0 Å². The number of carbonyl (C=O) groups excluding carboxylic acids is 1. The first-order valence-electron chi connectivity index (χ1n) is 8.68.